The number of thioether (sulfide) groups is 1. The molecule has 1 atom stereocenters. The van der Waals surface area contributed by atoms with Crippen LogP contribution >= 0.6 is 11.8 Å². The first-order valence-electron chi connectivity index (χ1n) is 5.12. The van der Waals surface area contributed by atoms with Crippen LogP contribution in [0.3, 0.4) is 0 Å². The predicted octanol–water partition coefficient (Wildman–Crippen LogP) is 2.71. The van der Waals surface area contributed by atoms with Gasteiger partial charge in [-0.05, 0) is 19.9 Å². The Labute approximate surface area is 98.6 Å². The molecule has 0 saturated carbocycles. The fourth-order valence-corrected chi connectivity index (χ4v) is 3.22. The van der Waals surface area contributed by atoms with Crippen molar-refractivity contribution in [1.29, 1.82) is 0 Å². The van der Waals surface area contributed by atoms with E-state index in [0.29, 0.717) is 0 Å². The summed E-state index contributed by atoms with van der Waals surface area (Å²) in [6.07, 6.45) is 0. The average Bonchev–Trinajstić information content (AvgIpc) is 2.59. The van der Waals surface area contributed by atoms with Crippen LogP contribution < -0.4 is 5.32 Å². The molecule has 1 saturated heterocycles. The highest BCUT2D eigenvalue weighted by molar-refractivity contribution is 7.99. The number of nitro groups is 1. The SMILES string of the molecule is CC1(C)CSC(c2ccccc2[N+](=O)[O-])N1. The molecule has 0 aromatic heterocycles. The summed E-state index contributed by atoms with van der Waals surface area (Å²) < 4.78 is 0. The van der Waals surface area contributed by atoms with Gasteiger partial charge in [-0.25, -0.2) is 0 Å². The minimum atomic E-state index is -0.317. The lowest BCUT2D eigenvalue weighted by molar-refractivity contribution is -0.385. The van der Waals surface area contributed by atoms with Gasteiger partial charge in [-0.15, -0.1) is 11.8 Å². The highest BCUT2D eigenvalue weighted by Crippen LogP contribution is 2.40. The van der Waals surface area contributed by atoms with E-state index in [1.54, 1.807) is 23.9 Å². The van der Waals surface area contributed by atoms with Gasteiger partial charge >= 0.3 is 0 Å². The number of nitrogens with one attached hydrogen (secondary N) is 1. The van der Waals surface area contributed by atoms with Gasteiger partial charge in [-0.3, -0.25) is 15.4 Å². The highest BCUT2D eigenvalue weighted by Gasteiger charge is 2.34. The molecule has 0 radical (unpaired) electrons. The zero-order valence-corrected chi connectivity index (χ0v) is 10.1. The van der Waals surface area contributed by atoms with Crippen molar-refractivity contribution in [2.24, 2.45) is 0 Å². The van der Waals surface area contributed by atoms with Gasteiger partial charge in [-0.2, -0.15) is 0 Å². The molecule has 1 heterocycles. The van der Waals surface area contributed by atoms with Gasteiger partial charge in [0.2, 0.25) is 0 Å². The van der Waals surface area contributed by atoms with Crippen LogP contribution in [0.15, 0.2) is 24.3 Å². The molecule has 5 heteroatoms. The molecule has 16 heavy (non-hydrogen) atoms. The molecule has 1 aliphatic heterocycles. The quantitative estimate of drug-likeness (QED) is 0.635. The summed E-state index contributed by atoms with van der Waals surface area (Å²) in [7, 11) is 0. The van der Waals surface area contributed by atoms with Crippen molar-refractivity contribution in [3.05, 3.63) is 39.9 Å². The zero-order chi connectivity index (χ0) is 11.8. The van der Waals surface area contributed by atoms with Crippen molar-refractivity contribution < 1.29 is 4.92 Å². The summed E-state index contributed by atoms with van der Waals surface area (Å²) in [6, 6.07) is 6.93. The van der Waals surface area contributed by atoms with E-state index in [2.05, 4.69) is 19.2 Å². The molecule has 0 spiro atoms. The lowest BCUT2D eigenvalue weighted by Crippen LogP contribution is -2.36. The zero-order valence-electron chi connectivity index (χ0n) is 9.27. The number of benzene rings is 1. The first-order valence-corrected chi connectivity index (χ1v) is 6.17. The van der Waals surface area contributed by atoms with Crippen LogP contribution in [0.4, 0.5) is 5.69 Å². The van der Waals surface area contributed by atoms with Gasteiger partial charge in [-0.1, -0.05) is 12.1 Å². The van der Waals surface area contributed by atoms with E-state index in [1.165, 1.54) is 0 Å². The van der Waals surface area contributed by atoms with Crippen molar-refractivity contribution in [2.45, 2.75) is 24.8 Å². The van der Waals surface area contributed by atoms with Crippen molar-refractivity contribution in [1.82, 2.24) is 5.32 Å². The Morgan fingerprint density at radius 3 is 2.75 bits per heavy atom. The van der Waals surface area contributed by atoms with Crippen LogP contribution in [-0.4, -0.2) is 16.2 Å². The Kier molecular flexibility index (Phi) is 2.90. The average molecular weight is 238 g/mol. The standard InChI is InChI=1S/C11H14N2O2S/c1-11(2)7-16-10(12-11)8-5-3-4-6-9(8)13(14)15/h3-6,10,12H,7H2,1-2H3. The minimum Gasteiger partial charge on any atom is -0.296 e. The molecule has 4 nitrogen and oxygen atoms in total. The van der Waals surface area contributed by atoms with Crippen LogP contribution in [0.2, 0.25) is 0 Å². The maximum absolute atomic E-state index is 10.9. The molecule has 1 fully saturated rings. The third-order valence-corrected chi connectivity index (χ3v) is 4.14. The Morgan fingerprint density at radius 1 is 1.50 bits per heavy atom. The number of rotatable bonds is 2. The maximum Gasteiger partial charge on any atom is 0.275 e. The van der Waals surface area contributed by atoms with E-state index in [9.17, 15) is 10.1 Å². The predicted molar refractivity (Wildman–Crippen MR) is 65.5 cm³/mol. The molecular formula is C11H14N2O2S. The van der Waals surface area contributed by atoms with E-state index in [4.69, 9.17) is 0 Å². The van der Waals surface area contributed by atoms with Crippen molar-refractivity contribution in [2.75, 3.05) is 5.75 Å². The first kappa shape index (κ1) is 11.4. The monoisotopic (exact) mass is 238 g/mol. The van der Waals surface area contributed by atoms with Gasteiger partial charge in [0, 0.05) is 17.4 Å². The largest absolute Gasteiger partial charge is 0.296 e. The molecule has 86 valence electrons. The highest BCUT2D eigenvalue weighted by atomic mass is 32.2. The summed E-state index contributed by atoms with van der Waals surface area (Å²) in [5.74, 6) is 0.962. The number of nitrogens with zero attached hydrogens (tertiary/aromatic N) is 1. The molecule has 1 aromatic carbocycles. The van der Waals surface area contributed by atoms with E-state index >= 15 is 0 Å². The lowest BCUT2D eigenvalue weighted by atomic mass is 10.1. The van der Waals surface area contributed by atoms with Gasteiger partial charge in [0.1, 0.15) is 0 Å². The summed E-state index contributed by atoms with van der Waals surface area (Å²) in [5.41, 5.74) is 1.01. The second-order valence-corrected chi connectivity index (χ2v) is 5.63. The molecule has 0 amide bonds. The van der Waals surface area contributed by atoms with Gasteiger partial charge in [0.25, 0.3) is 5.69 Å². The fraction of sp³-hybridized carbons (Fsp3) is 0.455. The van der Waals surface area contributed by atoms with Crippen molar-refractivity contribution in [3.63, 3.8) is 0 Å². The maximum atomic E-state index is 10.9. The van der Waals surface area contributed by atoms with E-state index in [1.807, 2.05) is 12.1 Å². The summed E-state index contributed by atoms with van der Waals surface area (Å²) >= 11 is 1.72. The Bertz CT molecular complexity index is 420. The Morgan fingerprint density at radius 2 is 2.19 bits per heavy atom. The summed E-state index contributed by atoms with van der Waals surface area (Å²) in [5, 5.41) is 14.3. The van der Waals surface area contributed by atoms with Crippen LogP contribution in [0.25, 0.3) is 0 Å². The van der Waals surface area contributed by atoms with Crippen LogP contribution in [0, 0.1) is 10.1 Å². The molecule has 0 aliphatic carbocycles. The first-order chi connectivity index (χ1) is 7.49. The van der Waals surface area contributed by atoms with Crippen LogP contribution in [-0.2, 0) is 0 Å². The lowest BCUT2D eigenvalue weighted by Gasteiger charge is -2.18. The van der Waals surface area contributed by atoms with Crippen LogP contribution in [0.5, 0.6) is 0 Å². The van der Waals surface area contributed by atoms with E-state index in [0.717, 1.165) is 11.3 Å². The number of hydrogen-bond donors (Lipinski definition) is 1. The fourth-order valence-electron chi connectivity index (χ4n) is 1.77. The molecule has 2 rings (SSSR count). The topological polar surface area (TPSA) is 55.2 Å². The molecule has 1 N–H and O–H groups in total. The summed E-state index contributed by atoms with van der Waals surface area (Å²) in [4.78, 5) is 10.6. The molecule has 1 unspecified atom stereocenters. The second kappa shape index (κ2) is 4.07. The van der Waals surface area contributed by atoms with Gasteiger partial charge in [0.05, 0.1) is 15.9 Å². The van der Waals surface area contributed by atoms with E-state index in [-0.39, 0.29) is 21.5 Å². The normalized spacial score (nSPS) is 23.2. The van der Waals surface area contributed by atoms with Crippen molar-refractivity contribution >= 4 is 17.4 Å². The molecular weight excluding hydrogens is 224 g/mol. The number of para-hydroxylation sites is 1. The smallest absolute Gasteiger partial charge is 0.275 e. The van der Waals surface area contributed by atoms with Crippen molar-refractivity contribution in [3.8, 4) is 0 Å². The van der Waals surface area contributed by atoms with Crippen LogP contribution in [0.1, 0.15) is 24.8 Å². The minimum absolute atomic E-state index is 0.0246. The van der Waals surface area contributed by atoms with E-state index < -0.39 is 0 Å². The third kappa shape index (κ3) is 2.20. The molecule has 1 aromatic rings. The third-order valence-electron chi connectivity index (χ3n) is 2.55. The molecule has 1 aliphatic rings. The summed E-state index contributed by atoms with van der Waals surface area (Å²) in [6.45, 7) is 4.21. The Hall–Kier alpha value is -1.07. The second-order valence-electron chi connectivity index (χ2n) is 4.54. The number of nitro benzene ring substituents is 1. The Balaban J connectivity index is 2.31. The molecule has 0 bridgehead atoms. The number of hydrogen-bond acceptors (Lipinski definition) is 4. The van der Waals surface area contributed by atoms with Gasteiger partial charge in [0.15, 0.2) is 0 Å². The van der Waals surface area contributed by atoms with Gasteiger partial charge < -0.3 is 0 Å².